The Bertz CT molecular complexity index is 461. The van der Waals surface area contributed by atoms with Gasteiger partial charge in [-0.05, 0) is 31.2 Å². The fourth-order valence-electron chi connectivity index (χ4n) is 2.82. The molecule has 0 radical (unpaired) electrons. The molecule has 23 heavy (non-hydrogen) atoms. The second kappa shape index (κ2) is 9.63. The van der Waals surface area contributed by atoms with E-state index in [0.29, 0.717) is 6.61 Å². The van der Waals surface area contributed by atoms with E-state index < -0.39 is 12.7 Å². The van der Waals surface area contributed by atoms with E-state index in [-0.39, 0.29) is 24.7 Å². The third-order valence-corrected chi connectivity index (χ3v) is 4.08. The molecule has 128 valence electrons. The van der Waals surface area contributed by atoms with Gasteiger partial charge in [0.25, 0.3) is 0 Å². The predicted octanol–water partition coefficient (Wildman–Crippen LogP) is 3.01. The van der Waals surface area contributed by atoms with Crippen LogP contribution in [0.4, 0.5) is 4.39 Å². The zero-order valence-electron chi connectivity index (χ0n) is 13.7. The normalized spacial score (nSPS) is 22.5. The number of amides is 1. The zero-order chi connectivity index (χ0) is 16.5. The van der Waals surface area contributed by atoms with Gasteiger partial charge in [-0.15, -0.1) is 0 Å². The molecule has 1 aliphatic carbocycles. The van der Waals surface area contributed by atoms with E-state index in [0.717, 1.165) is 25.7 Å². The van der Waals surface area contributed by atoms with Crippen LogP contribution in [0.5, 0.6) is 0 Å². The highest BCUT2D eigenvalue weighted by Crippen LogP contribution is 2.24. The van der Waals surface area contributed by atoms with E-state index >= 15 is 0 Å². The lowest BCUT2D eigenvalue weighted by atomic mass is 9.95. The lowest BCUT2D eigenvalue weighted by Crippen LogP contribution is -2.40. The summed E-state index contributed by atoms with van der Waals surface area (Å²) in [7, 11) is 0. The molecule has 4 nitrogen and oxygen atoms in total. The minimum Gasteiger partial charge on any atom is -0.376 e. The smallest absolute Gasteiger partial charge is 0.217 e. The van der Waals surface area contributed by atoms with E-state index in [2.05, 4.69) is 17.4 Å². The van der Waals surface area contributed by atoms with Crippen molar-refractivity contribution in [2.75, 3.05) is 13.3 Å². The Morgan fingerprint density at radius 1 is 1.17 bits per heavy atom. The van der Waals surface area contributed by atoms with Gasteiger partial charge < -0.3 is 14.8 Å². The Hall–Kier alpha value is -1.46. The molecule has 0 unspecified atom stereocenters. The van der Waals surface area contributed by atoms with Gasteiger partial charge >= 0.3 is 0 Å². The number of halogens is 1. The summed E-state index contributed by atoms with van der Waals surface area (Å²) in [4.78, 5) is 10.9. The molecule has 1 aromatic carbocycles. The van der Waals surface area contributed by atoms with Crippen molar-refractivity contribution in [2.24, 2.45) is 0 Å². The Labute approximate surface area is 137 Å². The number of alkyl halides is 1. The van der Waals surface area contributed by atoms with Crippen LogP contribution in [0, 0.1) is 0 Å². The van der Waals surface area contributed by atoms with Crippen LogP contribution in [-0.2, 0) is 20.9 Å². The molecule has 5 heteroatoms. The van der Waals surface area contributed by atoms with Gasteiger partial charge in [0, 0.05) is 6.92 Å². The first-order chi connectivity index (χ1) is 11.2. The SMILES string of the molecule is CC(=O)N[C@@H](CF)CO[C@H]1CC[C@H](OCc2ccccc2)CC1. The van der Waals surface area contributed by atoms with Crippen LogP contribution in [0.1, 0.15) is 38.2 Å². The number of rotatable bonds is 8. The van der Waals surface area contributed by atoms with Crippen molar-refractivity contribution in [1.29, 1.82) is 0 Å². The van der Waals surface area contributed by atoms with Crippen LogP contribution in [0.15, 0.2) is 30.3 Å². The molecule has 1 fully saturated rings. The second-order valence-corrected chi connectivity index (χ2v) is 6.08. The van der Waals surface area contributed by atoms with Crippen LogP contribution in [-0.4, -0.2) is 37.4 Å². The van der Waals surface area contributed by atoms with Gasteiger partial charge in [0.15, 0.2) is 0 Å². The molecule has 1 N–H and O–H groups in total. The number of benzene rings is 1. The molecule has 0 spiro atoms. The van der Waals surface area contributed by atoms with Crippen LogP contribution < -0.4 is 5.32 Å². The Balaban J connectivity index is 1.62. The van der Waals surface area contributed by atoms with E-state index in [9.17, 15) is 9.18 Å². The maximum atomic E-state index is 12.8. The van der Waals surface area contributed by atoms with Gasteiger partial charge in [0.2, 0.25) is 5.91 Å². The van der Waals surface area contributed by atoms with Crippen molar-refractivity contribution in [3.8, 4) is 0 Å². The average molecular weight is 323 g/mol. The molecular weight excluding hydrogens is 297 g/mol. The van der Waals surface area contributed by atoms with Crippen molar-refractivity contribution in [3.05, 3.63) is 35.9 Å². The summed E-state index contributed by atoms with van der Waals surface area (Å²) in [5.74, 6) is -0.228. The molecule has 1 atom stereocenters. The quantitative estimate of drug-likeness (QED) is 0.800. The Morgan fingerprint density at radius 2 is 1.78 bits per heavy atom. The second-order valence-electron chi connectivity index (χ2n) is 6.08. The minimum atomic E-state index is -0.602. The van der Waals surface area contributed by atoms with Gasteiger partial charge in [0.1, 0.15) is 6.67 Å². The number of ether oxygens (including phenoxy) is 2. The zero-order valence-corrected chi connectivity index (χ0v) is 13.7. The third kappa shape index (κ3) is 6.67. The highest BCUT2D eigenvalue weighted by atomic mass is 19.1. The first-order valence-electron chi connectivity index (χ1n) is 8.27. The Morgan fingerprint density at radius 3 is 2.35 bits per heavy atom. The maximum absolute atomic E-state index is 12.8. The number of nitrogens with one attached hydrogen (secondary N) is 1. The summed E-state index contributed by atoms with van der Waals surface area (Å²) >= 11 is 0. The highest BCUT2D eigenvalue weighted by molar-refractivity contribution is 5.73. The third-order valence-electron chi connectivity index (χ3n) is 4.08. The summed E-state index contributed by atoms with van der Waals surface area (Å²) < 4.78 is 24.5. The number of carbonyl (C=O) groups excluding carboxylic acids is 1. The van der Waals surface area contributed by atoms with E-state index in [1.807, 2.05) is 18.2 Å². The average Bonchev–Trinajstić information content (AvgIpc) is 2.58. The lowest BCUT2D eigenvalue weighted by molar-refractivity contribution is -0.120. The first kappa shape index (κ1) is 17.9. The molecule has 1 aromatic rings. The fraction of sp³-hybridized carbons (Fsp3) is 0.611. The van der Waals surface area contributed by atoms with Gasteiger partial charge in [-0.1, -0.05) is 30.3 Å². The molecule has 0 aliphatic heterocycles. The molecule has 0 bridgehead atoms. The van der Waals surface area contributed by atoms with Gasteiger partial charge in [-0.2, -0.15) is 0 Å². The molecule has 1 amide bonds. The van der Waals surface area contributed by atoms with E-state index in [1.165, 1.54) is 12.5 Å². The molecule has 0 heterocycles. The fourth-order valence-corrected chi connectivity index (χ4v) is 2.82. The summed E-state index contributed by atoms with van der Waals surface area (Å²) in [5.41, 5.74) is 1.19. The number of hydrogen-bond acceptors (Lipinski definition) is 3. The summed E-state index contributed by atoms with van der Waals surface area (Å²) in [6.45, 7) is 1.66. The van der Waals surface area contributed by atoms with Crippen LogP contribution in [0.25, 0.3) is 0 Å². The Kier molecular flexibility index (Phi) is 7.49. The van der Waals surface area contributed by atoms with Crippen molar-refractivity contribution in [3.63, 3.8) is 0 Å². The molecule has 0 aromatic heterocycles. The van der Waals surface area contributed by atoms with Crippen molar-refractivity contribution >= 4 is 5.91 Å². The molecular formula is C18H26FNO3. The van der Waals surface area contributed by atoms with Crippen LogP contribution >= 0.6 is 0 Å². The van der Waals surface area contributed by atoms with Gasteiger partial charge in [-0.3, -0.25) is 4.79 Å². The van der Waals surface area contributed by atoms with Gasteiger partial charge in [-0.25, -0.2) is 4.39 Å². The lowest BCUT2D eigenvalue weighted by Gasteiger charge is -2.29. The molecule has 1 aliphatic rings. The first-order valence-corrected chi connectivity index (χ1v) is 8.27. The summed E-state index contributed by atoms with van der Waals surface area (Å²) in [5, 5.41) is 2.55. The number of carbonyl (C=O) groups is 1. The largest absolute Gasteiger partial charge is 0.376 e. The minimum absolute atomic E-state index is 0.134. The monoisotopic (exact) mass is 323 g/mol. The molecule has 0 saturated heterocycles. The van der Waals surface area contributed by atoms with E-state index in [4.69, 9.17) is 9.47 Å². The predicted molar refractivity (Wildman–Crippen MR) is 86.8 cm³/mol. The highest BCUT2D eigenvalue weighted by Gasteiger charge is 2.23. The number of hydrogen-bond donors (Lipinski definition) is 1. The standard InChI is InChI=1S/C18H26FNO3/c1-14(21)20-16(11-19)13-23-18-9-7-17(8-10-18)22-12-15-5-3-2-4-6-15/h2-6,16-18H,7-13H2,1H3,(H,20,21)/t16-,17-,18-/m0/s1. The summed E-state index contributed by atoms with van der Waals surface area (Å²) in [6.07, 6.45) is 4.14. The topological polar surface area (TPSA) is 47.6 Å². The molecule has 1 saturated carbocycles. The van der Waals surface area contributed by atoms with Crippen molar-refractivity contribution < 1.29 is 18.7 Å². The molecule has 2 rings (SSSR count). The maximum Gasteiger partial charge on any atom is 0.217 e. The van der Waals surface area contributed by atoms with E-state index in [1.54, 1.807) is 0 Å². The van der Waals surface area contributed by atoms with Crippen molar-refractivity contribution in [1.82, 2.24) is 5.32 Å². The van der Waals surface area contributed by atoms with Crippen molar-refractivity contribution in [2.45, 2.75) is 57.5 Å². The summed E-state index contributed by atoms with van der Waals surface area (Å²) in [6, 6.07) is 9.61. The van der Waals surface area contributed by atoms with Crippen LogP contribution in [0.2, 0.25) is 0 Å². The van der Waals surface area contributed by atoms with Crippen LogP contribution in [0.3, 0.4) is 0 Å². The van der Waals surface area contributed by atoms with Gasteiger partial charge in [0.05, 0.1) is 31.5 Å².